The first-order valence-corrected chi connectivity index (χ1v) is 9.27. The van der Waals surface area contributed by atoms with Crippen molar-refractivity contribution in [2.75, 3.05) is 18.5 Å². The van der Waals surface area contributed by atoms with E-state index in [2.05, 4.69) is 77.5 Å². The van der Waals surface area contributed by atoms with Crippen LogP contribution >= 0.6 is 0 Å². The molecule has 0 heterocycles. The number of rotatable bonds is 4. The van der Waals surface area contributed by atoms with Crippen LogP contribution in [0.4, 0.5) is 5.69 Å². The number of hydrogen-bond donors (Lipinski definition) is 1. The molecule has 1 unspecified atom stereocenters. The standard InChI is InChI=1S/C23H25N3/c1-16(17-7-4-3-5-8-17)15-26(23(24)25-2)21-14-13-19-12-11-18-9-6-10-20(21)22(18)19/h3-10,13-14,16H,11-12,15H2,1-2H3,(H2,24,25). The van der Waals surface area contributed by atoms with Crippen molar-refractivity contribution in [2.24, 2.45) is 10.7 Å². The Morgan fingerprint density at radius 3 is 2.46 bits per heavy atom. The summed E-state index contributed by atoms with van der Waals surface area (Å²) in [5, 5.41) is 2.69. The van der Waals surface area contributed by atoms with Gasteiger partial charge in [0.1, 0.15) is 0 Å². The zero-order chi connectivity index (χ0) is 18.1. The number of nitrogens with zero attached hydrogens (tertiary/aromatic N) is 2. The highest BCUT2D eigenvalue weighted by Gasteiger charge is 2.21. The lowest BCUT2D eigenvalue weighted by Crippen LogP contribution is -2.40. The second-order valence-corrected chi connectivity index (χ2v) is 7.09. The Balaban J connectivity index is 1.78. The summed E-state index contributed by atoms with van der Waals surface area (Å²) < 4.78 is 0. The van der Waals surface area contributed by atoms with Crippen LogP contribution in [0, 0.1) is 0 Å². The van der Waals surface area contributed by atoms with Crippen LogP contribution < -0.4 is 10.6 Å². The first kappa shape index (κ1) is 16.6. The van der Waals surface area contributed by atoms with Gasteiger partial charge in [0.2, 0.25) is 0 Å². The first-order chi connectivity index (χ1) is 12.7. The Morgan fingerprint density at radius 1 is 1.00 bits per heavy atom. The van der Waals surface area contributed by atoms with Gasteiger partial charge in [-0.25, -0.2) is 0 Å². The lowest BCUT2D eigenvalue weighted by molar-refractivity contribution is 0.760. The summed E-state index contributed by atoms with van der Waals surface area (Å²) in [6.07, 6.45) is 2.27. The molecule has 0 saturated heterocycles. The number of anilines is 1. The van der Waals surface area contributed by atoms with E-state index in [-0.39, 0.29) is 0 Å². The Labute approximate surface area is 155 Å². The van der Waals surface area contributed by atoms with Crippen molar-refractivity contribution in [3.63, 3.8) is 0 Å². The molecule has 1 atom stereocenters. The summed E-state index contributed by atoms with van der Waals surface area (Å²) >= 11 is 0. The molecule has 1 aliphatic rings. The number of hydrogen-bond acceptors (Lipinski definition) is 1. The van der Waals surface area contributed by atoms with Crippen molar-refractivity contribution in [3.8, 4) is 0 Å². The molecule has 3 nitrogen and oxygen atoms in total. The molecule has 2 N–H and O–H groups in total. The third-order valence-electron chi connectivity index (χ3n) is 5.48. The summed E-state index contributed by atoms with van der Waals surface area (Å²) in [7, 11) is 1.76. The van der Waals surface area contributed by atoms with Gasteiger partial charge in [0.05, 0.1) is 5.69 Å². The molecule has 0 spiro atoms. The van der Waals surface area contributed by atoms with Crippen LogP contribution in [0.5, 0.6) is 0 Å². The minimum absolute atomic E-state index is 0.347. The van der Waals surface area contributed by atoms with Gasteiger partial charge in [-0.2, -0.15) is 0 Å². The van der Waals surface area contributed by atoms with Gasteiger partial charge in [-0.15, -0.1) is 0 Å². The summed E-state index contributed by atoms with van der Waals surface area (Å²) in [5.41, 5.74) is 11.7. The number of nitrogens with two attached hydrogens (primary N) is 1. The minimum atomic E-state index is 0.347. The van der Waals surface area contributed by atoms with Crippen LogP contribution in [-0.4, -0.2) is 19.6 Å². The molecule has 3 aromatic carbocycles. The van der Waals surface area contributed by atoms with Crippen LogP contribution in [0.1, 0.15) is 29.5 Å². The van der Waals surface area contributed by atoms with Crippen molar-refractivity contribution in [1.82, 2.24) is 0 Å². The van der Waals surface area contributed by atoms with Crippen LogP contribution in [0.25, 0.3) is 10.8 Å². The average Bonchev–Trinajstić information content (AvgIpc) is 3.12. The summed E-state index contributed by atoms with van der Waals surface area (Å²) in [4.78, 5) is 6.47. The zero-order valence-corrected chi connectivity index (χ0v) is 15.4. The Hall–Kier alpha value is -2.81. The molecular formula is C23H25N3. The van der Waals surface area contributed by atoms with Crippen LogP contribution in [0.3, 0.4) is 0 Å². The third-order valence-corrected chi connectivity index (χ3v) is 5.48. The van der Waals surface area contributed by atoms with Gasteiger partial charge in [-0.3, -0.25) is 4.99 Å². The van der Waals surface area contributed by atoms with Crippen LogP contribution in [-0.2, 0) is 12.8 Å². The zero-order valence-electron chi connectivity index (χ0n) is 15.4. The molecule has 0 aliphatic heterocycles. The van der Waals surface area contributed by atoms with Crippen LogP contribution in [0.15, 0.2) is 65.7 Å². The molecule has 0 saturated carbocycles. The average molecular weight is 343 g/mol. The number of aliphatic imine (C=N–C) groups is 1. The fourth-order valence-electron chi connectivity index (χ4n) is 4.06. The molecule has 0 aromatic heterocycles. The van der Waals surface area contributed by atoms with Crippen molar-refractivity contribution < 1.29 is 0 Å². The molecule has 26 heavy (non-hydrogen) atoms. The van der Waals surface area contributed by atoms with Gasteiger partial charge in [0.15, 0.2) is 5.96 Å². The summed E-state index contributed by atoms with van der Waals surface area (Å²) in [6, 6.07) is 21.7. The van der Waals surface area contributed by atoms with Crippen molar-refractivity contribution in [3.05, 3.63) is 77.4 Å². The van der Waals surface area contributed by atoms with Crippen molar-refractivity contribution in [1.29, 1.82) is 0 Å². The van der Waals surface area contributed by atoms with Crippen molar-refractivity contribution in [2.45, 2.75) is 25.7 Å². The van der Waals surface area contributed by atoms with E-state index in [1.165, 1.54) is 27.5 Å². The van der Waals surface area contributed by atoms with E-state index in [9.17, 15) is 0 Å². The maximum absolute atomic E-state index is 6.33. The fraction of sp³-hybridized carbons (Fsp3) is 0.261. The van der Waals surface area contributed by atoms with Gasteiger partial charge < -0.3 is 10.6 Å². The van der Waals surface area contributed by atoms with Gasteiger partial charge >= 0.3 is 0 Å². The van der Waals surface area contributed by atoms with E-state index in [0.717, 1.165) is 25.1 Å². The SMILES string of the molecule is CN=C(N)N(CC(C)c1ccccc1)c1ccc2c3c(cccc13)CC2. The molecule has 0 amide bonds. The van der Waals surface area contributed by atoms with Gasteiger partial charge in [0.25, 0.3) is 0 Å². The second kappa shape index (κ2) is 6.83. The minimum Gasteiger partial charge on any atom is -0.370 e. The predicted molar refractivity (Wildman–Crippen MR) is 111 cm³/mol. The first-order valence-electron chi connectivity index (χ1n) is 9.27. The quantitative estimate of drug-likeness (QED) is 0.560. The predicted octanol–water partition coefficient (Wildman–Crippen LogP) is 4.49. The Morgan fingerprint density at radius 2 is 1.73 bits per heavy atom. The molecule has 0 bridgehead atoms. The highest BCUT2D eigenvalue weighted by molar-refractivity contribution is 6.06. The molecular weight excluding hydrogens is 318 g/mol. The van der Waals surface area contributed by atoms with E-state index < -0.39 is 0 Å². The number of guanidine groups is 1. The van der Waals surface area contributed by atoms with E-state index in [1.807, 2.05) is 0 Å². The third kappa shape index (κ3) is 2.84. The van der Waals surface area contributed by atoms with E-state index in [1.54, 1.807) is 7.05 Å². The highest BCUT2D eigenvalue weighted by atomic mass is 15.3. The molecule has 132 valence electrons. The Bertz CT molecular complexity index is 950. The van der Waals surface area contributed by atoms with Gasteiger partial charge in [0, 0.05) is 19.0 Å². The van der Waals surface area contributed by atoms with E-state index >= 15 is 0 Å². The molecule has 4 rings (SSSR count). The molecule has 3 aromatic rings. The lowest BCUT2D eigenvalue weighted by atomic mass is 9.99. The van der Waals surface area contributed by atoms with Gasteiger partial charge in [-0.1, -0.05) is 61.5 Å². The number of aryl methyl sites for hydroxylation is 2. The maximum Gasteiger partial charge on any atom is 0.195 e. The topological polar surface area (TPSA) is 41.6 Å². The number of benzene rings is 3. The van der Waals surface area contributed by atoms with Crippen molar-refractivity contribution >= 4 is 22.4 Å². The van der Waals surface area contributed by atoms with E-state index in [4.69, 9.17) is 5.73 Å². The Kier molecular flexibility index (Phi) is 4.37. The highest BCUT2D eigenvalue weighted by Crippen LogP contribution is 2.37. The summed E-state index contributed by atoms with van der Waals surface area (Å²) in [6.45, 7) is 3.04. The normalized spacial score (nSPS) is 14.6. The van der Waals surface area contributed by atoms with E-state index in [0.29, 0.717) is 11.9 Å². The van der Waals surface area contributed by atoms with Crippen LogP contribution in [0.2, 0.25) is 0 Å². The molecule has 1 aliphatic carbocycles. The maximum atomic E-state index is 6.33. The monoisotopic (exact) mass is 343 g/mol. The largest absolute Gasteiger partial charge is 0.370 e. The molecule has 0 fully saturated rings. The summed E-state index contributed by atoms with van der Waals surface area (Å²) in [5.74, 6) is 0.908. The second-order valence-electron chi connectivity index (χ2n) is 7.09. The molecule has 3 heteroatoms. The van der Waals surface area contributed by atoms with Gasteiger partial charge in [-0.05, 0) is 46.9 Å². The fourth-order valence-corrected chi connectivity index (χ4v) is 4.06. The lowest BCUT2D eigenvalue weighted by Gasteiger charge is -2.28. The smallest absolute Gasteiger partial charge is 0.195 e. The molecule has 0 radical (unpaired) electrons.